The van der Waals surface area contributed by atoms with E-state index >= 15 is 0 Å². The fourth-order valence-electron chi connectivity index (χ4n) is 1.48. The first-order valence-corrected chi connectivity index (χ1v) is 6.49. The molecule has 0 radical (unpaired) electrons. The summed E-state index contributed by atoms with van der Waals surface area (Å²) in [7, 11) is 0. The minimum Gasteiger partial charge on any atom is -0.493 e. The predicted octanol–water partition coefficient (Wildman–Crippen LogP) is 4.68. The van der Waals surface area contributed by atoms with E-state index in [1.165, 1.54) is 0 Å². The normalized spacial score (nSPS) is 12.5. The number of hydrogen-bond acceptors (Lipinski definition) is 1. The van der Waals surface area contributed by atoms with Crippen LogP contribution in [0.15, 0.2) is 18.2 Å². The molecular formula is C13H18Cl2O. The number of ether oxygens (including phenoxy) is 1. The number of benzene rings is 1. The topological polar surface area (TPSA) is 9.23 Å². The molecule has 0 aliphatic heterocycles. The third-order valence-electron chi connectivity index (χ3n) is 2.61. The first-order valence-electron chi connectivity index (χ1n) is 5.58. The summed E-state index contributed by atoms with van der Waals surface area (Å²) in [5, 5.41) is 0.750. The van der Waals surface area contributed by atoms with Crippen molar-refractivity contribution in [1.82, 2.24) is 0 Å². The van der Waals surface area contributed by atoms with Gasteiger partial charge in [-0.1, -0.05) is 18.5 Å². The Labute approximate surface area is 108 Å². The van der Waals surface area contributed by atoms with Crippen LogP contribution in [0.5, 0.6) is 5.75 Å². The van der Waals surface area contributed by atoms with Crippen LogP contribution in [0.4, 0.5) is 0 Å². The largest absolute Gasteiger partial charge is 0.493 e. The first-order chi connectivity index (χ1) is 7.63. The molecule has 0 amide bonds. The van der Waals surface area contributed by atoms with E-state index in [2.05, 4.69) is 6.92 Å². The second kappa shape index (κ2) is 7.03. The van der Waals surface area contributed by atoms with Crippen molar-refractivity contribution in [2.45, 2.75) is 26.7 Å². The number of alkyl halides is 1. The third kappa shape index (κ3) is 4.63. The fourth-order valence-corrected chi connectivity index (χ4v) is 2.07. The number of rotatable bonds is 6. The van der Waals surface area contributed by atoms with Gasteiger partial charge < -0.3 is 4.74 Å². The molecule has 0 aliphatic rings. The zero-order valence-corrected chi connectivity index (χ0v) is 11.3. The van der Waals surface area contributed by atoms with Gasteiger partial charge in [0, 0.05) is 10.9 Å². The molecule has 0 heterocycles. The highest BCUT2D eigenvalue weighted by Gasteiger charge is 2.03. The second-order valence-electron chi connectivity index (χ2n) is 4.13. The van der Waals surface area contributed by atoms with Crippen molar-refractivity contribution in [3.8, 4) is 5.75 Å². The Morgan fingerprint density at radius 1 is 1.31 bits per heavy atom. The minimum absolute atomic E-state index is 0.616. The molecule has 1 rings (SSSR count). The van der Waals surface area contributed by atoms with E-state index in [9.17, 15) is 0 Å². The van der Waals surface area contributed by atoms with Crippen LogP contribution in [0.3, 0.4) is 0 Å². The molecule has 1 nitrogen and oxygen atoms in total. The van der Waals surface area contributed by atoms with Gasteiger partial charge in [-0.15, -0.1) is 11.6 Å². The van der Waals surface area contributed by atoms with E-state index < -0.39 is 0 Å². The highest BCUT2D eigenvalue weighted by molar-refractivity contribution is 6.30. The fraction of sp³-hybridized carbons (Fsp3) is 0.538. The molecule has 0 N–H and O–H groups in total. The first kappa shape index (κ1) is 13.7. The van der Waals surface area contributed by atoms with Crippen LogP contribution >= 0.6 is 23.2 Å². The number of aryl methyl sites for hydroxylation is 1. The maximum atomic E-state index is 5.87. The quantitative estimate of drug-likeness (QED) is 0.675. The number of hydrogen-bond donors (Lipinski definition) is 0. The smallest absolute Gasteiger partial charge is 0.122 e. The molecule has 0 bridgehead atoms. The molecule has 3 heteroatoms. The molecule has 90 valence electrons. The van der Waals surface area contributed by atoms with Crippen molar-refractivity contribution >= 4 is 23.2 Å². The zero-order chi connectivity index (χ0) is 12.0. The van der Waals surface area contributed by atoms with Crippen LogP contribution in [0.2, 0.25) is 5.02 Å². The van der Waals surface area contributed by atoms with Crippen LogP contribution < -0.4 is 4.74 Å². The summed E-state index contributed by atoms with van der Waals surface area (Å²) < 4.78 is 5.71. The highest BCUT2D eigenvalue weighted by Crippen LogP contribution is 2.22. The summed E-state index contributed by atoms with van der Waals surface area (Å²) in [4.78, 5) is 0. The lowest BCUT2D eigenvalue weighted by atomic mass is 10.1. The molecule has 0 spiro atoms. The molecule has 1 atom stereocenters. The highest BCUT2D eigenvalue weighted by atomic mass is 35.5. The van der Waals surface area contributed by atoms with Gasteiger partial charge >= 0.3 is 0 Å². The monoisotopic (exact) mass is 260 g/mol. The number of halogens is 2. The molecule has 0 aromatic heterocycles. The van der Waals surface area contributed by atoms with Crippen molar-refractivity contribution in [3.63, 3.8) is 0 Å². The van der Waals surface area contributed by atoms with Crippen LogP contribution in [-0.4, -0.2) is 12.5 Å². The van der Waals surface area contributed by atoms with Crippen molar-refractivity contribution < 1.29 is 4.74 Å². The van der Waals surface area contributed by atoms with E-state index in [4.69, 9.17) is 27.9 Å². The molecule has 1 aromatic rings. The lowest BCUT2D eigenvalue weighted by molar-refractivity contribution is 0.280. The summed E-state index contributed by atoms with van der Waals surface area (Å²) in [6, 6.07) is 5.69. The lowest BCUT2D eigenvalue weighted by Crippen LogP contribution is -2.05. The predicted molar refractivity (Wildman–Crippen MR) is 70.8 cm³/mol. The van der Waals surface area contributed by atoms with Crippen molar-refractivity contribution in [2.24, 2.45) is 5.92 Å². The average Bonchev–Trinajstić information content (AvgIpc) is 2.22. The average molecular weight is 261 g/mol. The van der Waals surface area contributed by atoms with Crippen LogP contribution in [0.25, 0.3) is 0 Å². The van der Waals surface area contributed by atoms with Crippen LogP contribution in [0, 0.1) is 12.8 Å². The van der Waals surface area contributed by atoms with Gasteiger partial charge in [0.1, 0.15) is 5.75 Å². The Hall–Kier alpha value is -0.400. The summed E-state index contributed by atoms with van der Waals surface area (Å²) in [5.41, 5.74) is 1.08. The van der Waals surface area contributed by atoms with Gasteiger partial charge in [0.2, 0.25) is 0 Å². The second-order valence-corrected chi connectivity index (χ2v) is 4.94. The van der Waals surface area contributed by atoms with E-state index in [0.717, 1.165) is 41.7 Å². The molecule has 0 saturated carbocycles. The van der Waals surface area contributed by atoms with E-state index in [1.54, 1.807) is 0 Å². The zero-order valence-electron chi connectivity index (χ0n) is 9.80. The van der Waals surface area contributed by atoms with Crippen molar-refractivity contribution in [2.75, 3.05) is 12.5 Å². The molecule has 0 fully saturated rings. The van der Waals surface area contributed by atoms with E-state index in [-0.39, 0.29) is 0 Å². The Balaban J connectivity index is 2.37. The van der Waals surface area contributed by atoms with Gasteiger partial charge in [-0.05, 0) is 49.4 Å². The standard InChI is InChI=1S/C13H18Cl2O/c1-10(5-7-14)6-8-16-13-4-3-12(15)9-11(13)2/h3-4,9-10H,5-8H2,1-2H3. The maximum absolute atomic E-state index is 5.87. The SMILES string of the molecule is Cc1cc(Cl)ccc1OCCC(C)CCCl. The summed E-state index contributed by atoms with van der Waals surface area (Å²) in [6.07, 6.45) is 2.08. The van der Waals surface area contributed by atoms with Crippen molar-refractivity contribution in [3.05, 3.63) is 28.8 Å². The molecule has 1 aromatic carbocycles. The summed E-state index contributed by atoms with van der Waals surface area (Å²) in [5.74, 6) is 2.26. The minimum atomic E-state index is 0.616. The Morgan fingerprint density at radius 2 is 2.06 bits per heavy atom. The molecule has 0 aliphatic carbocycles. The molecule has 16 heavy (non-hydrogen) atoms. The third-order valence-corrected chi connectivity index (χ3v) is 3.06. The molecule has 1 unspecified atom stereocenters. The molecular weight excluding hydrogens is 243 g/mol. The van der Waals surface area contributed by atoms with Crippen LogP contribution in [0.1, 0.15) is 25.3 Å². The Bertz CT molecular complexity index is 326. The van der Waals surface area contributed by atoms with Gasteiger partial charge in [-0.2, -0.15) is 0 Å². The Kier molecular flexibility index (Phi) is 6.00. The van der Waals surface area contributed by atoms with Gasteiger partial charge in [-0.25, -0.2) is 0 Å². The van der Waals surface area contributed by atoms with E-state index in [0.29, 0.717) is 5.92 Å². The van der Waals surface area contributed by atoms with Gasteiger partial charge in [0.25, 0.3) is 0 Å². The summed E-state index contributed by atoms with van der Waals surface area (Å²) in [6.45, 7) is 4.93. The maximum Gasteiger partial charge on any atom is 0.122 e. The van der Waals surface area contributed by atoms with Gasteiger partial charge in [0.15, 0.2) is 0 Å². The van der Waals surface area contributed by atoms with E-state index in [1.807, 2.05) is 25.1 Å². The lowest BCUT2D eigenvalue weighted by Gasteiger charge is -2.12. The van der Waals surface area contributed by atoms with Crippen molar-refractivity contribution in [1.29, 1.82) is 0 Å². The Morgan fingerprint density at radius 3 is 2.69 bits per heavy atom. The van der Waals surface area contributed by atoms with Gasteiger partial charge in [0.05, 0.1) is 6.61 Å². The summed E-state index contributed by atoms with van der Waals surface area (Å²) >= 11 is 11.6. The van der Waals surface area contributed by atoms with Gasteiger partial charge in [-0.3, -0.25) is 0 Å². The molecule has 0 saturated heterocycles. The van der Waals surface area contributed by atoms with Crippen LogP contribution in [-0.2, 0) is 0 Å².